The molecule has 6 heteroatoms. The van der Waals surface area contributed by atoms with Gasteiger partial charge in [-0.05, 0) is 41.0 Å². The number of amides is 1. The van der Waals surface area contributed by atoms with Gasteiger partial charge in [0.25, 0.3) is 0 Å². The van der Waals surface area contributed by atoms with Crippen LogP contribution in [-0.2, 0) is 14.6 Å². The van der Waals surface area contributed by atoms with Crippen LogP contribution < -0.4 is 11.1 Å². The first-order valence-electron chi connectivity index (χ1n) is 9.74. The van der Waals surface area contributed by atoms with Gasteiger partial charge in [0.15, 0.2) is 0 Å². The molecule has 0 radical (unpaired) electrons. The molecule has 0 aromatic heterocycles. The van der Waals surface area contributed by atoms with Crippen molar-refractivity contribution in [3.8, 4) is 0 Å². The Hall–Kier alpha value is -2.18. The maximum atomic E-state index is 12.4. The zero-order valence-corrected chi connectivity index (χ0v) is 16.8. The molecule has 0 saturated heterocycles. The standard InChI is InChI=1S/C22H26N2O3S/c1-28(26,27)11-10-20(23)22(25)24-13-14-12-19-15-6-2-4-8-17(15)21(14)18-9-5-3-7-16(18)19/h2-9,14,19-21H,10-13,23H2,1H3,(H,24,25). The first kappa shape index (κ1) is 19.2. The van der Waals surface area contributed by atoms with Crippen molar-refractivity contribution < 1.29 is 13.2 Å². The van der Waals surface area contributed by atoms with Crippen LogP contribution >= 0.6 is 0 Å². The molecule has 0 heterocycles. The Kier molecular flexibility index (Phi) is 5.02. The summed E-state index contributed by atoms with van der Waals surface area (Å²) < 4.78 is 22.6. The fraction of sp³-hybridized carbons (Fsp3) is 0.409. The molecule has 3 N–H and O–H groups in total. The molecule has 5 rings (SSSR count). The van der Waals surface area contributed by atoms with Gasteiger partial charge in [-0.25, -0.2) is 8.42 Å². The molecule has 1 amide bonds. The van der Waals surface area contributed by atoms with Crippen LogP contribution in [0.3, 0.4) is 0 Å². The Morgan fingerprint density at radius 2 is 1.61 bits per heavy atom. The lowest BCUT2D eigenvalue weighted by atomic mass is 9.59. The van der Waals surface area contributed by atoms with Gasteiger partial charge in [-0.1, -0.05) is 48.5 Å². The minimum Gasteiger partial charge on any atom is -0.354 e. The van der Waals surface area contributed by atoms with Crippen LogP contribution in [0.1, 0.15) is 46.9 Å². The van der Waals surface area contributed by atoms with E-state index in [1.54, 1.807) is 0 Å². The molecule has 0 spiro atoms. The summed E-state index contributed by atoms with van der Waals surface area (Å²) in [6, 6.07) is 16.4. The lowest BCUT2D eigenvalue weighted by Crippen LogP contribution is -2.45. The molecule has 0 saturated carbocycles. The second-order valence-electron chi connectivity index (χ2n) is 8.05. The van der Waals surface area contributed by atoms with E-state index < -0.39 is 15.9 Å². The van der Waals surface area contributed by atoms with Crippen molar-refractivity contribution in [2.24, 2.45) is 11.7 Å². The van der Waals surface area contributed by atoms with Gasteiger partial charge in [-0.15, -0.1) is 0 Å². The maximum absolute atomic E-state index is 12.4. The van der Waals surface area contributed by atoms with E-state index in [-0.39, 0.29) is 24.0 Å². The molecule has 0 fully saturated rings. The number of sulfone groups is 1. The van der Waals surface area contributed by atoms with Gasteiger partial charge in [0.05, 0.1) is 11.8 Å². The van der Waals surface area contributed by atoms with Gasteiger partial charge in [0.1, 0.15) is 9.84 Å². The average molecular weight is 399 g/mol. The number of rotatable bonds is 6. The van der Waals surface area contributed by atoms with Crippen molar-refractivity contribution in [2.75, 3.05) is 18.6 Å². The molecular formula is C22H26N2O3S. The van der Waals surface area contributed by atoms with E-state index in [1.165, 1.54) is 22.3 Å². The molecule has 28 heavy (non-hydrogen) atoms. The lowest BCUT2D eigenvalue weighted by molar-refractivity contribution is -0.122. The van der Waals surface area contributed by atoms with E-state index >= 15 is 0 Å². The molecule has 3 aliphatic rings. The number of hydrogen-bond donors (Lipinski definition) is 2. The Morgan fingerprint density at radius 1 is 1.07 bits per heavy atom. The number of carbonyl (C=O) groups excluding carboxylic acids is 1. The first-order chi connectivity index (χ1) is 13.3. The topological polar surface area (TPSA) is 89.3 Å². The zero-order valence-electron chi connectivity index (χ0n) is 16.0. The average Bonchev–Trinajstić information content (AvgIpc) is 2.69. The summed E-state index contributed by atoms with van der Waals surface area (Å²) in [6.07, 6.45) is 2.30. The highest BCUT2D eigenvalue weighted by Gasteiger charge is 2.42. The third-order valence-electron chi connectivity index (χ3n) is 6.10. The van der Waals surface area contributed by atoms with E-state index in [4.69, 9.17) is 5.73 Å². The van der Waals surface area contributed by atoms with Gasteiger partial charge in [-0.3, -0.25) is 4.79 Å². The van der Waals surface area contributed by atoms with E-state index in [9.17, 15) is 13.2 Å². The summed E-state index contributed by atoms with van der Waals surface area (Å²) in [5.41, 5.74) is 11.4. The number of carbonyl (C=O) groups is 1. The van der Waals surface area contributed by atoms with Crippen molar-refractivity contribution in [3.05, 3.63) is 70.8 Å². The normalized spacial score (nSPS) is 23.6. The molecule has 3 aliphatic carbocycles. The third-order valence-corrected chi connectivity index (χ3v) is 7.08. The van der Waals surface area contributed by atoms with Gasteiger partial charge in [0.2, 0.25) is 5.91 Å². The van der Waals surface area contributed by atoms with Crippen LogP contribution in [0, 0.1) is 5.92 Å². The van der Waals surface area contributed by atoms with Crippen LogP contribution in [0.25, 0.3) is 0 Å². The van der Waals surface area contributed by atoms with Gasteiger partial charge in [-0.2, -0.15) is 0 Å². The fourth-order valence-electron chi connectivity index (χ4n) is 4.79. The molecular weight excluding hydrogens is 372 g/mol. The summed E-state index contributed by atoms with van der Waals surface area (Å²) in [5.74, 6) is 0.590. The largest absolute Gasteiger partial charge is 0.354 e. The quantitative estimate of drug-likeness (QED) is 0.780. The smallest absolute Gasteiger partial charge is 0.236 e. The van der Waals surface area contributed by atoms with Crippen LogP contribution in [0.15, 0.2) is 48.5 Å². The zero-order chi connectivity index (χ0) is 19.9. The highest BCUT2D eigenvalue weighted by Crippen LogP contribution is 2.55. The molecule has 0 aliphatic heterocycles. The van der Waals surface area contributed by atoms with Crippen molar-refractivity contribution in [2.45, 2.75) is 30.7 Å². The second-order valence-corrected chi connectivity index (χ2v) is 10.3. The minimum absolute atomic E-state index is 0.0730. The maximum Gasteiger partial charge on any atom is 0.236 e. The second kappa shape index (κ2) is 7.33. The number of nitrogens with one attached hydrogen (secondary N) is 1. The molecule has 5 nitrogen and oxygen atoms in total. The lowest BCUT2D eigenvalue weighted by Gasteiger charge is -2.45. The molecule has 148 valence electrons. The van der Waals surface area contributed by atoms with Crippen LogP contribution in [0.5, 0.6) is 0 Å². The fourth-order valence-corrected chi connectivity index (χ4v) is 5.48. The van der Waals surface area contributed by atoms with E-state index in [2.05, 4.69) is 53.8 Å². The highest BCUT2D eigenvalue weighted by atomic mass is 32.2. The predicted molar refractivity (Wildman–Crippen MR) is 110 cm³/mol. The van der Waals surface area contributed by atoms with Crippen molar-refractivity contribution in [1.82, 2.24) is 5.32 Å². The van der Waals surface area contributed by atoms with Gasteiger partial charge >= 0.3 is 0 Å². The van der Waals surface area contributed by atoms with E-state index in [0.717, 1.165) is 12.7 Å². The van der Waals surface area contributed by atoms with E-state index in [1.807, 2.05) is 0 Å². The van der Waals surface area contributed by atoms with Crippen LogP contribution in [0.2, 0.25) is 0 Å². The molecule has 2 atom stereocenters. The van der Waals surface area contributed by atoms with Crippen LogP contribution in [-0.4, -0.2) is 38.9 Å². The summed E-state index contributed by atoms with van der Waals surface area (Å²) in [7, 11) is -3.12. The molecule has 2 aromatic rings. The number of fused-ring (bicyclic) bond motifs is 1. The summed E-state index contributed by atoms with van der Waals surface area (Å²) in [4.78, 5) is 12.4. The van der Waals surface area contributed by atoms with Crippen molar-refractivity contribution >= 4 is 15.7 Å². The molecule has 2 unspecified atom stereocenters. The van der Waals surface area contributed by atoms with E-state index in [0.29, 0.717) is 18.4 Å². The molecule has 2 bridgehead atoms. The van der Waals surface area contributed by atoms with Crippen LogP contribution in [0.4, 0.5) is 0 Å². The Labute approximate surface area is 166 Å². The summed E-state index contributed by atoms with van der Waals surface area (Å²) in [5, 5.41) is 2.98. The SMILES string of the molecule is CS(=O)(=O)CCC(N)C(=O)NCC1CC2c3ccccc3C1c1ccccc12. The van der Waals surface area contributed by atoms with Crippen molar-refractivity contribution in [3.63, 3.8) is 0 Å². The van der Waals surface area contributed by atoms with Gasteiger partial charge < -0.3 is 11.1 Å². The Morgan fingerprint density at radius 3 is 2.14 bits per heavy atom. The highest BCUT2D eigenvalue weighted by molar-refractivity contribution is 7.90. The minimum atomic E-state index is -3.12. The molecule has 2 aromatic carbocycles. The summed E-state index contributed by atoms with van der Waals surface area (Å²) in [6.45, 7) is 0.551. The number of benzene rings is 2. The Balaban J connectivity index is 1.49. The third kappa shape index (κ3) is 3.59. The summed E-state index contributed by atoms with van der Waals surface area (Å²) >= 11 is 0. The predicted octanol–water partition coefficient (Wildman–Crippen LogP) is 2.16. The number of hydrogen-bond acceptors (Lipinski definition) is 4. The Bertz CT molecular complexity index is 955. The first-order valence-corrected chi connectivity index (χ1v) is 11.8. The van der Waals surface area contributed by atoms with Gasteiger partial charge in [0, 0.05) is 24.6 Å². The van der Waals surface area contributed by atoms with Crippen molar-refractivity contribution in [1.29, 1.82) is 0 Å². The monoisotopic (exact) mass is 398 g/mol. The number of nitrogens with two attached hydrogens (primary N) is 1.